The molecule has 1 aromatic heterocycles. The van der Waals surface area contributed by atoms with E-state index in [1.807, 2.05) is 16.7 Å². The normalized spacial score (nSPS) is 16.3. The smallest absolute Gasteiger partial charge is 0.326 e. The summed E-state index contributed by atoms with van der Waals surface area (Å²) in [5.41, 5.74) is 8.11. The van der Waals surface area contributed by atoms with Crippen molar-refractivity contribution in [3.8, 4) is 0 Å². The number of rotatable bonds is 1. The summed E-state index contributed by atoms with van der Waals surface area (Å²) in [6.45, 7) is 0. The van der Waals surface area contributed by atoms with E-state index in [1.54, 1.807) is 6.07 Å². The molecule has 1 fully saturated rings. The third kappa shape index (κ3) is 0.968. The van der Waals surface area contributed by atoms with Crippen LogP contribution in [0.1, 0.15) is 18.9 Å². The molecule has 0 amide bonds. The Morgan fingerprint density at radius 1 is 1.43 bits per heavy atom. The van der Waals surface area contributed by atoms with Crippen molar-refractivity contribution in [3.05, 3.63) is 28.7 Å². The highest BCUT2D eigenvalue weighted by Crippen LogP contribution is 2.35. The summed E-state index contributed by atoms with van der Waals surface area (Å²) in [6.07, 6.45) is 2.22. The maximum Gasteiger partial charge on any atom is 0.326 e. The van der Waals surface area contributed by atoms with Crippen molar-refractivity contribution in [3.63, 3.8) is 0 Å². The van der Waals surface area contributed by atoms with Crippen LogP contribution in [0.25, 0.3) is 11.0 Å². The van der Waals surface area contributed by atoms with Gasteiger partial charge in [0.15, 0.2) is 0 Å². The van der Waals surface area contributed by atoms with Crippen LogP contribution in [0.2, 0.25) is 0 Å². The van der Waals surface area contributed by atoms with Gasteiger partial charge in [0.25, 0.3) is 0 Å². The van der Waals surface area contributed by atoms with E-state index in [0.29, 0.717) is 11.7 Å². The third-order valence-electron chi connectivity index (χ3n) is 2.65. The van der Waals surface area contributed by atoms with Crippen LogP contribution in [0.15, 0.2) is 23.0 Å². The fourth-order valence-corrected chi connectivity index (χ4v) is 1.84. The van der Waals surface area contributed by atoms with Gasteiger partial charge in [-0.3, -0.25) is 4.57 Å². The first-order chi connectivity index (χ1) is 6.75. The number of benzene rings is 1. The molecule has 4 nitrogen and oxygen atoms in total. The van der Waals surface area contributed by atoms with Crippen LogP contribution in [0.3, 0.4) is 0 Å². The van der Waals surface area contributed by atoms with Gasteiger partial charge < -0.3 is 10.7 Å². The summed E-state index contributed by atoms with van der Waals surface area (Å²) < 4.78 is 1.83. The quantitative estimate of drug-likeness (QED) is 0.663. The van der Waals surface area contributed by atoms with Gasteiger partial charge in [0.1, 0.15) is 0 Å². The summed E-state index contributed by atoms with van der Waals surface area (Å²) >= 11 is 0. The van der Waals surface area contributed by atoms with Crippen molar-refractivity contribution in [1.82, 2.24) is 9.55 Å². The van der Waals surface area contributed by atoms with Crippen molar-refractivity contribution in [2.24, 2.45) is 0 Å². The standard InChI is InChI=1S/C10H11N3O/c11-6-1-4-9-8(5-6)12-10(14)13(9)7-2-3-7/h1,4-5,7H,2-3,11H2,(H,12,14). The van der Waals surface area contributed by atoms with Gasteiger partial charge >= 0.3 is 5.69 Å². The molecule has 0 saturated heterocycles. The number of hydrogen-bond donors (Lipinski definition) is 2. The highest BCUT2D eigenvalue weighted by Gasteiger charge is 2.26. The molecule has 4 heteroatoms. The van der Waals surface area contributed by atoms with E-state index < -0.39 is 0 Å². The third-order valence-corrected chi connectivity index (χ3v) is 2.65. The Hall–Kier alpha value is -1.71. The number of anilines is 1. The van der Waals surface area contributed by atoms with Crippen LogP contribution in [-0.2, 0) is 0 Å². The lowest BCUT2D eigenvalue weighted by Gasteiger charge is -1.99. The van der Waals surface area contributed by atoms with Gasteiger partial charge in [-0.25, -0.2) is 4.79 Å². The maximum absolute atomic E-state index is 11.6. The van der Waals surface area contributed by atoms with Gasteiger partial charge in [-0.2, -0.15) is 0 Å². The van der Waals surface area contributed by atoms with Crippen molar-refractivity contribution in [2.75, 3.05) is 5.73 Å². The highest BCUT2D eigenvalue weighted by molar-refractivity contribution is 5.79. The molecule has 2 aromatic rings. The van der Waals surface area contributed by atoms with Crippen molar-refractivity contribution in [1.29, 1.82) is 0 Å². The first-order valence-corrected chi connectivity index (χ1v) is 4.75. The van der Waals surface area contributed by atoms with Gasteiger partial charge in [0.2, 0.25) is 0 Å². The van der Waals surface area contributed by atoms with Gasteiger partial charge in [0, 0.05) is 11.7 Å². The number of nitrogen functional groups attached to an aromatic ring is 1. The van der Waals surface area contributed by atoms with Crippen molar-refractivity contribution < 1.29 is 0 Å². The molecule has 1 saturated carbocycles. The van der Waals surface area contributed by atoms with Gasteiger partial charge in [-0.05, 0) is 31.0 Å². The van der Waals surface area contributed by atoms with E-state index in [2.05, 4.69) is 4.98 Å². The minimum Gasteiger partial charge on any atom is -0.399 e. The number of H-pyrrole nitrogens is 1. The van der Waals surface area contributed by atoms with Crippen molar-refractivity contribution in [2.45, 2.75) is 18.9 Å². The zero-order valence-electron chi connectivity index (χ0n) is 7.66. The molecule has 3 N–H and O–H groups in total. The number of aromatic amines is 1. The second kappa shape index (κ2) is 2.41. The average molecular weight is 189 g/mol. The Balaban J connectivity index is 2.37. The van der Waals surface area contributed by atoms with Gasteiger partial charge in [-0.1, -0.05) is 0 Å². The largest absolute Gasteiger partial charge is 0.399 e. The van der Waals surface area contributed by atoms with E-state index in [1.165, 1.54) is 0 Å². The summed E-state index contributed by atoms with van der Waals surface area (Å²) in [4.78, 5) is 14.4. The van der Waals surface area contributed by atoms with Crippen LogP contribution < -0.4 is 11.4 Å². The monoisotopic (exact) mass is 189 g/mol. The van der Waals surface area contributed by atoms with Crippen LogP contribution in [-0.4, -0.2) is 9.55 Å². The van der Waals surface area contributed by atoms with E-state index in [4.69, 9.17) is 5.73 Å². The van der Waals surface area contributed by atoms with E-state index in [0.717, 1.165) is 23.9 Å². The minimum atomic E-state index is -0.0203. The Labute approximate surface area is 80.3 Å². The second-order valence-electron chi connectivity index (χ2n) is 3.81. The zero-order chi connectivity index (χ0) is 9.71. The second-order valence-corrected chi connectivity index (χ2v) is 3.81. The molecule has 3 rings (SSSR count). The summed E-state index contributed by atoms with van der Waals surface area (Å²) in [7, 11) is 0. The number of hydrogen-bond acceptors (Lipinski definition) is 2. The Morgan fingerprint density at radius 3 is 2.93 bits per heavy atom. The first kappa shape index (κ1) is 7.67. The molecular formula is C10H11N3O. The fraction of sp³-hybridized carbons (Fsp3) is 0.300. The van der Waals surface area contributed by atoms with E-state index in [9.17, 15) is 4.79 Å². The average Bonchev–Trinajstić information content (AvgIpc) is 2.89. The summed E-state index contributed by atoms with van der Waals surface area (Å²) in [6, 6.07) is 5.94. The molecule has 1 aliphatic carbocycles. The number of aromatic nitrogens is 2. The summed E-state index contributed by atoms with van der Waals surface area (Å²) in [5, 5.41) is 0. The summed E-state index contributed by atoms with van der Waals surface area (Å²) in [5.74, 6) is 0. The first-order valence-electron chi connectivity index (χ1n) is 4.75. The number of nitrogens with two attached hydrogens (primary N) is 1. The van der Waals surface area contributed by atoms with Gasteiger partial charge in [0.05, 0.1) is 11.0 Å². The molecular weight excluding hydrogens is 178 g/mol. The van der Waals surface area contributed by atoms with Gasteiger partial charge in [-0.15, -0.1) is 0 Å². The Bertz CT molecular complexity index is 548. The molecule has 0 atom stereocenters. The van der Waals surface area contributed by atoms with Crippen LogP contribution in [0, 0.1) is 0 Å². The molecule has 0 bridgehead atoms. The number of nitrogens with zero attached hydrogens (tertiary/aromatic N) is 1. The molecule has 72 valence electrons. The number of fused-ring (bicyclic) bond motifs is 1. The highest BCUT2D eigenvalue weighted by atomic mass is 16.1. The molecule has 0 spiro atoms. The van der Waals surface area contributed by atoms with Crippen LogP contribution >= 0.6 is 0 Å². The Kier molecular flexibility index (Phi) is 1.32. The van der Waals surface area contributed by atoms with E-state index in [-0.39, 0.29) is 5.69 Å². The van der Waals surface area contributed by atoms with Crippen LogP contribution in [0.5, 0.6) is 0 Å². The topological polar surface area (TPSA) is 63.8 Å². The molecule has 1 heterocycles. The predicted octanol–water partition coefficient (Wildman–Crippen LogP) is 1.25. The molecule has 0 aliphatic heterocycles. The minimum absolute atomic E-state index is 0.0203. The number of imidazole rings is 1. The predicted molar refractivity (Wildman–Crippen MR) is 55.2 cm³/mol. The lowest BCUT2D eigenvalue weighted by molar-refractivity contribution is 0.733. The molecule has 14 heavy (non-hydrogen) atoms. The maximum atomic E-state index is 11.6. The van der Waals surface area contributed by atoms with Crippen molar-refractivity contribution >= 4 is 16.7 Å². The lowest BCUT2D eigenvalue weighted by atomic mass is 10.3. The molecule has 1 aromatic carbocycles. The molecule has 0 radical (unpaired) electrons. The molecule has 0 unspecified atom stereocenters. The fourth-order valence-electron chi connectivity index (χ4n) is 1.84. The zero-order valence-corrected chi connectivity index (χ0v) is 7.66. The number of nitrogens with one attached hydrogen (secondary N) is 1. The van der Waals surface area contributed by atoms with E-state index >= 15 is 0 Å². The SMILES string of the molecule is Nc1ccc2c(c1)[nH]c(=O)n2C1CC1. The lowest BCUT2D eigenvalue weighted by Crippen LogP contribution is -2.14. The molecule has 1 aliphatic rings. The Morgan fingerprint density at radius 2 is 2.21 bits per heavy atom. The van der Waals surface area contributed by atoms with Crippen LogP contribution in [0.4, 0.5) is 5.69 Å².